The highest BCUT2D eigenvalue weighted by Crippen LogP contribution is 2.24. The first-order valence-corrected chi connectivity index (χ1v) is 8.22. The summed E-state index contributed by atoms with van der Waals surface area (Å²) < 4.78 is 28.0. The van der Waals surface area contributed by atoms with Crippen molar-refractivity contribution in [2.24, 2.45) is 0 Å². The molecule has 0 unspecified atom stereocenters. The van der Waals surface area contributed by atoms with Crippen molar-refractivity contribution in [1.29, 1.82) is 0 Å². The number of hydrogen-bond donors (Lipinski definition) is 1. The molecule has 0 spiro atoms. The summed E-state index contributed by atoms with van der Waals surface area (Å²) >= 11 is 0. The third-order valence-electron chi connectivity index (χ3n) is 3.70. The largest absolute Gasteiger partial charge is 0.353 e. The van der Waals surface area contributed by atoms with E-state index in [2.05, 4.69) is 5.32 Å². The van der Waals surface area contributed by atoms with E-state index in [9.17, 15) is 13.2 Å². The summed E-state index contributed by atoms with van der Waals surface area (Å²) in [7, 11) is -2.16. The Labute approximate surface area is 125 Å². The number of rotatable bonds is 4. The van der Waals surface area contributed by atoms with Crippen LogP contribution in [0.15, 0.2) is 30.3 Å². The van der Waals surface area contributed by atoms with Crippen molar-refractivity contribution in [3.8, 4) is 0 Å². The topological polar surface area (TPSA) is 69.7 Å². The Morgan fingerprint density at radius 3 is 2.52 bits per heavy atom. The molecule has 0 atom stereocenters. The van der Waals surface area contributed by atoms with Crippen LogP contribution in [0.2, 0.25) is 0 Å². The summed E-state index contributed by atoms with van der Waals surface area (Å²) in [6.07, 6.45) is 0. The summed E-state index contributed by atoms with van der Waals surface area (Å²) in [4.78, 5) is 11.9. The molecule has 7 heteroatoms. The summed E-state index contributed by atoms with van der Waals surface area (Å²) in [5.74, 6) is -0.273. The Hall–Kier alpha value is -1.44. The van der Waals surface area contributed by atoms with Gasteiger partial charge in [0.05, 0.1) is 0 Å². The van der Waals surface area contributed by atoms with E-state index in [0.717, 1.165) is 5.56 Å². The van der Waals surface area contributed by atoms with Gasteiger partial charge in [0.25, 0.3) is 10.2 Å². The van der Waals surface area contributed by atoms with Gasteiger partial charge in [-0.05, 0) is 19.4 Å². The monoisotopic (exact) mass is 311 g/mol. The van der Waals surface area contributed by atoms with Gasteiger partial charge in [0.2, 0.25) is 5.91 Å². The third kappa shape index (κ3) is 3.09. The van der Waals surface area contributed by atoms with Gasteiger partial charge >= 0.3 is 0 Å². The summed E-state index contributed by atoms with van der Waals surface area (Å²) in [6.45, 7) is 4.13. The lowest BCUT2D eigenvalue weighted by Gasteiger charge is -2.41. The fourth-order valence-corrected chi connectivity index (χ4v) is 4.00. The van der Waals surface area contributed by atoms with Crippen LogP contribution in [0.3, 0.4) is 0 Å². The minimum atomic E-state index is -3.69. The molecule has 1 aliphatic heterocycles. The lowest BCUT2D eigenvalue weighted by molar-refractivity contribution is -0.131. The third-order valence-corrected chi connectivity index (χ3v) is 5.81. The Balaban J connectivity index is 2.22. The van der Waals surface area contributed by atoms with Gasteiger partial charge in [-0.15, -0.1) is 0 Å². The standard InChI is InChI=1S/C14H21N3O3S/c1-14(2)13(18)15-9-10-17(14)21(19,20)16(3)11-12-7-5-4-6-8-12/h4-8H,9-11H2,1-3H3,(H,15,18). The zero-order valence-electron chi connectivity index (χ0n) is 12.5. The fourth-order valence-electron chi connectivity index (χ4n) is 2.37. The van der Waals surface area contributed by atoms with E-state index in [4.69, 9.17) is 0 Å². The van der Waals surface area contributed by atoms with Crippen molar-refractivity contribution in [2.75, 3.05) is 20.1 Å². The second-order valence-corrected chi connectivity index (χ2v) is 7.60. The number of amides is 1. The number of carbonyl (C=O) groups excluding carboxylic acids is 1. The van der Waals surface area contributed by atoms with Gasteiger partial charge in [0.1, 0.15) is 5.54 Å². The first-order valence-electron chi connectivity index (χ1n) is 6.82. The maximum atomic E-state index is 12.7. The van der Waals surface area contributed by atoms with Gasteiger partial charge in [0.15, 0.2) is 0 Å². The summed E-state index contributed by atoms with van der Waals surface area (Å²) in [5, 5.41) is 2.70. The molecule has 1 aromatic carbocycles. The normalized spacial score (nSPS) is 19.5. The highest BCUT2D eigenvalue weighted by atomic mass is 32.2. The van der Waals surface area contributed by atoms with E-state index in [1.54, 1.807) is 13.8 Å². The van der Waals surface area contributed by atoms with Crippen molar-refractivity contribution >= 4 is 16.1 Å². The van der Waals surface area contributed by atoms with E-state index >= 15 is 0 Å². The molecule has 1 heterocycles. The molecule has 1 saturated heterocycles. The molecule has 1 amide bonds. The molecular weight excluding hydrogens is 290 g/mol. The number of piperazine rings is 1. The SMILES string of the molecule is CN(Cc1ccccc1)S(=O)(=O)N1CCNC(=O)C1(C)C. The Bertz CT molecular complexity index is 614. The van der Waals surface area contributed by atoms with Crippen LogP contribution in [0.1, 0.15) is 19.4 Å². The zero-order chi connectivity index (χ0) is 15.7. The molecule has 1 aromatic rings. The number of nitrogens with one attached hydrogen (secondary N) is 1. The van der Waals surface area contributed by atoms with Crippen LogP contribution in [0.5, 0.6) is 0 Å². The predicted molar refractivity (Wildman–Crippen MR) is 80.6 cm³/mol. The van der Waals surface area contributed by atoms with Gasteiger partial charge in [-0.2, -0.15) is 17.0 Å². The number of carbonyl (C=O) groups is 1. The molecular formula is C14H21N3O3S. The first kappa shape index (κ1) is 15.9. The first-order chi connectivity index (χ1) is 9.76. The van der Waals surface area contributed by atoms with Crippen LogP contribution in [-0.4, -0.2) is 48.6 Å². The highest BCUT2D eigenvalue weighted by molar-refractivity contribution is 7.86. The van der Waals surface area contributed by atoms with Gasteiger partial charge in [0, 0.05) is 26.7 Å². The molecule has 0 saturated carbocycles. The molecule has 116 valence electrons. The Morgan fingerprint density at radius 2 is 1.90 bits per heavy atom. The number of nitrogens with zero attached hydrogens (tertiary/aromatic N) is 2. The Morgan fingerprint density at radius 1 is 1.29 bits per heavy atom. The second-order valence-electron chi connectivity index (χ2n) is 5.64. The van der Waals surface area contributed by atoms with Crippen molar-refractivity contribution in [3.63, 3.8) is 0 Å². The minimum Gasteiger partial charge on any atom is -0.353 e. The van der Waals surface area contributed by atoms with E-state index in [1.807, 2.05) is 30.3 Å². The molecule has 0 radical (unpaired) electrons. The zero-order valence-corrected chi connectivity index (χ0v) is 13.4. The van der Waals surface area contributed by atoms with Crippen LogP contribution in [0.4, 0.5) is 0 Å². The van der Waals surface area contributed by atoms with Crippen LogP contribution >= 0.6 is 0 Å². The maximum Gasteiger partial charge on any atom is 0.283 e. The molecule has 0 aliphatic carbocycles. The number of hydrogen-bond acceptors (Lipinski definition) is 3. The van der Waals surface area contributed by atoms with Crippen LogP contribution in [0.25, 0.3) is 0 Å². The van der Waals surface area contributed by atoms with Crippen molar-refractivity contribution in [3.05, 3.63) is 35.9 Å². The Kier molecular flexibility index (Phi) is 4.36. The average molecular weight is 311 g/mol. The van der Waals surface area contributed by atoms with E-state index in [-0.39, 0.29) is 19.0 Å². The molecule has 2 rings (SSSR count). The van der Waals surface area contributed by atoms with E-state index in [0.29, 0.717) is 6.54 Å². The van der Waals surface area contributed by atoms with E-state index < -0.39 is 15.7 Å². The van der Waals surface area contributed by atoms with Crippen molar-refractivity contribution in [2.45, 2.75) is 25.9 Å². The van der Waals surface area contributed by atoms with Crippen LogP contribution < -0.4 is 5.32 Å². The molecule has 6 nitrogen and oxygen atoms in total. The quantitative estimate of drug-likeness (QED) is 0.884. The molecule has 1 aliphatic rings. The molecule has 1 fully saturated rings. The average Bonchev–Trinajstić information content (AvgIpc) is 2.42. The van der Waals surface area contributed by atoms with Gasteiger partial charge in [-0.25, -0.2) is 0 Å². The minimum absolute atomic E-state index is 0.273. The lowest BCUT2D eigenvalue weighted by Crippen LogP contribution is -2.65. The molecule has 1 N–H and O–H groups in total. The predicted octanol–water partition coefficient (Wildman–Crippen LogP) is 0.574. The van der Waals surface area contributed by atoms with Gasteiger partial charge in [-0.3, -0.25) is 4.79 Å². The van der Waals surface area contributed by atoms with Crippen molar-refractivity contribution in [1.82, 2.24) is 13.9 Å². The second kappa shape index (κ2) is 5.75. The molecule has 21 heavy (non-hydrogen) atoms. The summed E-state index contributed by atoms with van der Waals surface area (Å²) in [5.41, 5.74) is -0.176. The maximum absolute atomic E-state index is 12.7. The van der Waals surface area contributed by atoms with Gasteiger partial charge < -0.3 is 5.32 Å². The highest BCUT2D eigenvalue weighted by Gasteiger charge is 2.45. The molecule has 0 aromatic heterocycles. The van der Waals surface area contributed by atoms with Crippen LogP contribution in [0, 0.1) is 0 Å². The number of benzene rings is 1. The van der Waals surface area contributed by atoms with E-state index in [1.165, 1.54) is 15.7 Å². The van der Waals surface area contributed by atoms with Crippen LogP contribution in [-0.2, 0) is 21.5 Å². The molecule has 0 bridgehead atoms. The van der Waals surface area contributed by atoms with Crippen molar-refractivity contribution < 1.29 is 13.2 Å². The fraction of sp³-hybridized carbons (Fsp3) is 0.500. The van der Waals surface area contributed by atoms with Gasteiger partial charge in [-0.1, -0.05) is 30.3 Å². The summed E-state index contributed by atoms with van der Waals surface area (Å²) in [6, 6.07) is 9.37. The smallest absolute Gasteiger partial charge is 0.283 e. The lowest BCUT2D eigenvalue weighted by atomic mass is 10.0.